The van der Waals surface area contributed by atoms with Gasteiger partial charge in [0.15, 0.2) is 0 Å². The fourth-order valence-corrected chi connectivity index (χ4v) is 3.67. The maximum absolute atomic E-state index is 12.6. The smallest absolute Gasteiger partial charge is 0.324 e. The molecule has 27 heavy (non-hydrogen) atoms. The first-order chi connectivity index (χ1) is 12.8. The van der Waals surface area contributed by atoms with Crippen molar-refractivity contribution in [1.82, 2.24) is 4.90 Å². The standard InChI is InChI=1S/C21H23F3N2O/c1-20(14-16-6-3-2-4-7-16)12-5-13-26(15-20)19(27)25-18-10-8-17(9-11-18)21(22,23)24/h2-4,6-11H,5,12-15H2,1H3,(H,25,27). The number of piperidine rings is 1. The molecule has 0 bridgehead atoms. The SMILES string of the molecule is CC1(Cc2ccccc2)CCCN(C(=O)Nc2ccc(C(F)(F)F)cc2)C1. The Bertz CT molecular complexity index is 774. The second-order valence-corrected chi connectivity index (χ2v) is 7.50. The van der Waals surface area contributed by atoms with Crippen LogP contribution in [0.15, 0.2) is 54.6 Å². The van der Waals surface area contributed by atoms with E-state index in [2.05, 4.69) is 24.4 Å². The average molecular weight is 376 g/mol. The van der Waals surface area contributed by atoms with Gasteiger partial charge in [-0.2, -0.15) is 13.2 Å². The predicted molar refractivity (Wildman–Crippen MR) is 99.5 cm³/mol. The quantitative estimate of drug-likeness (QED) is 0.745. The number of anilines is 1. The highest BCUT2D eigenvalue weighted by Gasteiger charge is 2.33. The van der Waals surface area contributed by atoms with Gasteiger partial charge in [-0.1, -0.05) is 37.3 Å². The third-order valence-corrected chi connectivity index (χ3v) is 5.01. The van der Waals surface area contributed by atoms with E-state index in [4.69, 9.17) is 0 Å². The third-order valence-electron chi connectivity index (χ3n) is 5.01. The molecule has 144 valence electrons. The highest BCUT2D eigenvalue weighted by atomic mass is 19.4. The number of carbonyl (C=O) groups excluding carboxylic acids is 1. The van der Waals surface area contributed by atoms with Gasteiger partial charge in [0.25, 0.3) is 0 Å². The fraction of sp³-hybridized carbons (Fsp3) is 0.381. The highest BCUT2D eigenvalue weighted by molar-refractivity contribution is 5.89. The first-order valence-corrected chi connectivity index (χ1v) is 9.02. The molecule has 0 aromatic heterocycles. The molecule has 0 spiro atoms. The van der Waals surface area contributed by atoms with Gasteiger partial charge in [0.05, 0.1) is 5.56 Å². The van der Waals surface area contributed by atoms with Gasteiger partial charge in [-0.3, -0.25) is 0 Å². The summed E-state index contributed by atoms with van der Waals surface area (Å²) in [7, 11) is 0. The van der Waals surface area contributed by atoms with Crippen LogP contribution in [0.4, 0.5) is 23.7 Å². The predicted octanol–water partition coefficient (Wildman–Crippen LogP) is 5.58. The van der Waals surface area contributed by atoms with Crippen molar-refractivity contribution in [1.29, 1.82) is 0 Å². The third kappa shape index (κ3) is 5.02. The molecular weight excluding hydrogens is 353 g/mol. The van der Waals surface area contributed by atoms with Crippen LogP contribution in [-0.2, 0) is 12.6 Å². The van der Waals surface area contributed by atoms with E-state index in [1.54, 1.807) is 4.90 Å². The van der Waals surface area contributed by atoms with E-state index in [1.165, 1.54) is 17.7 Å². The molecule has 2 aromatic carbocycles. The van der Waals surface area contributed by atoms with Crippen LogP contribution in [0.1, 0.15) is 30.9 Å². The summed E-state index contributed by atoms with van der Waals surface area (Å²) in [5.74, 6) is 0. The summed E-state index contributed by atoms with van der Waals surface area (Å²) in [6, 6.07) is 14.4. The number of benzene rings is 2. The van der Waals surface area contributed by atoms with Gasteiger partial charge in [-0.05, 0) is 54.5 Å². The first kappa shape index (κ1) is 19.3. The molecule has 3 nitrogen and oxygen atoms in total. The van der Waals surface area contributed by atoms with Gasteiger partial charge in [0.1, 0.15) is 0 Å². The van der Waals surface area contributed by atoms with Gasteiger partial charge in [0.2, 0.25) is 0 Å². The van der Waals surface area contributed by atoms with Crippen molar-refractivity contribution >= 4 is 11.7 Å². The second-order valence-electron chi connectivity index (χ2n) is 7.50. The summed E-state index contributed by atoms with van der Waals surface area (Å²) in [6.07, 6.45) is -1.55. The number of alkyl halides is 3. The fourth-order valence-electron chi connectivity index (χ4n) is 3.67. The molecule has 1 N–H and O–H groups in total. The zero-order valence-electron chi connectivity index (χ0n) is 15.2. The Morgan fingerprint density at radius 3 is 2.41 bits per heavy atom. The van der Waals surface area contributed by atoms with E-state index in [1.807, 2.05) is 18.2 Å². The zero-order chi connectivity index (χ0) is 19.5. The molecule has 1 unspecified atom stereocenters. The van der Waals surface area contributed by atoms with Gasteiger partial charge in [0, 0.05) is 18.8 Å². The summed E-state index contributed by atoms with van der Waals surface area (Å²) in [4.78, 5) is 14.3. The molecule has 2 amide bonds. The summed E-state index contributed by atoms with van der Waals surface area (Å²) >= 11 is 0. The van der Waals surface area contributed by atoms with Crippen LogP contribution in [-0.4, -0.2) is 24.0 Å². The van der Waals surface area contributed by atoms with Gasteiger partial charge >= 0.3 is 12.2 Å². The number of nitrogens with one attached hydrogen (secondary N) is 1. The number of nitrogens with zero attached hydrogens (tertiary/aromatic N) is 1. The molecule has 3 rings (SSSR count). The number of hydrogen-bond donors (Lipinski definition) is 1. The number of likely N-dealkylation sites (tertiary alicyclic amines) is 1. The molecular formula is C21H23F3N2O. The number of halogens is 3. The van der Waals surface area contributed by atoms with E-state index in [0.717, 1.165) is 31.4 Å². The van der Waals surface area contributed by atoms with E-state index in [9.17, 15) is 18.0 Å². The Balaban J connectivity index is 1.63. The number of amides is 2. The van der Waals surface area contributed by atoms with Gasteiger partial charge in [-0.15, -0.1) is 0 Å². The lowest BCUT2D eigenvalue weighted by molar-refractivity contribution is -0.137. The minimum absolute atomic E-state index is 0.0168. The molecule has 2 aromatic rings. The summed E-state index contributed by atoms with van der Waals surface area (Å²) in [5.41, 5.74) is 0.860. The van der Waals surface area contributed by atoms with E-state index < -0.39 is 11.7 Å². The Morgan fingerprint density at radius 2 is 1.78 bits per heavy atom. The minimum Gasteiger partial charge on any atom is -0.324 e. The number of rotatable bonds is 3. The maximum Gasteiger partial charge on any atom is 0.416 e. The lowest BCUT2D eigenvalue weighted by Gasteiger charge is -2.40. The second kappa shape index (κ2) is 7.62. The highest BCUT2D eigenvalue weighted by Crippen LogP contribution is 2.34. The molecule has 1 fully saturated rings. The van der Waals surface area contributed by atoms with Crippen LogP contribution in [0.5, 0.6) is 0 Å². The van der Waals surface area contributed by atoms with Crippen molar-refractivity contribution in [2.45, 2.75) is 32.4 Å². The summed E-state index contributed by atoms with van der Waals surface area (Å²) in [5, 5.41) is 2.71. The van der Waals surface area contributed by atoms with Crippen LogP contribution in [0.25, 0.3) is 0 Å². The molecule has 1 aliphatic heterocycles. The Hall–Kier alpha value is -2.50. The lowest BCUT2D eigenvalue weighted by atomic mass is 9.77. The van der Waals surface area contributed by atoms with Crippen molar-refractivity contribution in [3.05, 3.63) is 65.7 Å². The van der Waals surface area contributed by atoms with E-state index in [0.29, 0.717) is 18.8 Å². The molecule has 0 saturated carbocycles. The molecule has 1 atom stereocenters. The normalized spacial score (nSPS) is 20.4. The largest absolute Gasteiger partial charge is 0.416 e. The van der Waals surface area contributed by atoms with Gasteiger partial charge < -0.3 is 10.2 Å². The first-order valence-electron chi connectivity index (χ1n) is 9.02. The van der Waals surface area contributed by atoms with Crippen LogP contribution < -0.4 is 5.32 Å². The Kier molecular flexibility index (Phi) is 5.44. The summed E-state index contributed by atoms with van der Waals surface area (Å²) < 4.78 is 37.9. The van der Waals surface area contributed by atoms with Crippen LogP contribution in [0, 0.1) is 5.41 Å². The number of urea groups is 1. The van der Waals surface area contributed by atoms with Crippen molar-refractivity contribution in [3.63, 3.8) is 0 Å². The zero-order valence-corrected chi connectivity index (χ0v) is 15.2. The molecule has 1 saturated heterocycles. The van der Waals surface area contributed by atoms with Crippen LogP contribution in [0.3, 0.4) is 0 Å². The minimum atomic E-state index is -4.38. The van der Waals surface area contributed by atoms with Crippen LogP contribution >= 0.6 is 0 Å². The topological polar surface area (TPSA) is 32.3 Å². The Morgan fingerprint density at radius 1 is 1.11 bits per heavy atom. The average Bonchev–Trinajstić information content (AvgIpc) is 2.62. The number of carbonyl (C=O) groups is 1. The summed E-state index contributed by atoms with van der Waals surface area (Å²) in [6.45, 7) is 3.45. The molecule has 6 heteroatoms. The lowest BCUT2D eigenvalue weighted by Crippen LogP contribution is -2.47. The molecule has 0 radical (unpaired) electrons. The molecule has 0 aliphatic carbocycles. The van der Waals surface area contributed by atoms with Crippen LogP contribution in [0.2, 0.25) is 0 Å². The number of hydrogen-bond acceptors (Lipinski definition) is 1. The van der Waals surface area contributed by atoms with Crippen molar-refractivity contribution in [3.8, 4) is 0 Å². The molecule has 1 aliphatic rings. The van der Waals surface area contributed by atoms with Gasteiger partial charge in [-0.25, -0.2) is 4.79 Å². The monoisotopic (exact) mass is 376 g/mol. The maximum atomic E-state index is 12.6. The molecule has 1 heterocycles. The van der Waals surface area contributed by atoms with E-state index in [-0.39, 0.29) is 11.4 Å². The van der Waals surface area contributed by atoms with Crippen molar-refractivity contribution < 1.29 is 18.0 Å². The van der Waals surface area contributed by atoms with E-state index >= 15 is 0 Å². The van der Waals surface area contributed by atoms with Crippen molar-refractivity contribution in [2.75, 3.05) is 18.4 Å². The van der Waals surface area contributed by atoms with Crippen molar-refractivity contribution in [2.24, 2.45) is 5.41 Å². The Labute approximate surface area is 157 Å².